The molecule has 39 heavy (non-hydrogen) atoms. The van der Waals surface area contributed by atoms with E-state index in [4.69, 9.17) is 9.11 Å². The van der Waals surface area contributed by atoms with Gasteiger partial charge in [-0.2, -0.15) is 33.7 Å². The number of benzene rings is 2. The van der Waals surface area contributed by atoms with Crippen molar-refractivity contribution >= 4 is 63.4 Å². The molecule has 2 aromatic rings. The fraction of sp³-hybridized carbons (Fsp3) is 0.125. The highest BCUT2D eigenvalue weighted by molar-refractivity contribution is 7.86. The van der Waals surface area contributed by atoms with E-state index >= 15 is 0 Å². The van der Waals surface area contributed by atoms with Crippen LogP contribution in [-0.2, 0) is 40.5 Å². The van der Waals surface area contributed by atoms with Crippen LogP contribution in [0, 0.1) is 0 Å². The first kappa shape index (κ1) is 30.0. The molecule has 0 radical (unpaired) electrons. The normalized spacial score (nSPS) is 14.1. The highest BCUT2D eigenvalue weighted by Crippen LogP contribution is 2.50. The molecule has 9 N–H and O–H groups in total. The SMILES string of the molecule is O=C1c2c(O)c(S(=O)(=O)O)cc(NCS(=O)(=O)O)c2C(=O)c2c(O)c(S(=O)(=O)O)c(NCS(=O)(=O)O)c(O)c21. The van der Waals surface area contributed by atoms with Crippen LogP contribution in [0.25, 0.3) is 0 Å². The number of ketones is 2. The number of rotatable bonds is 8. The highest BCUT2D eigenvalue weighted by Gasteiger charge is 2.44. The molecule has 0 saturated carbocycles. The molecule has 0 bridgehead atoms. The van der Waals surface area contributed by atoms with Gasteiger partial charge in [0.1, 0.15) is 28.1 Å². The third-order valence-corrected chi connectivity index (χ3v) is 7.79. The summed E-state index contributed by atoms with van der Waals surface area (Å²) in [5.74, 6) is -11.6. The van der Waals surface area contributed by atoms with Gasteiger partial charge in [-0.05, 0) is 6.07 Å². The molecule has 0 amide bonds. The first-order valence-electron chi connectivity index (χ1n) is 9.41. The number of aromatic hydroxyl groups is 3. The van der Waals surface area contributed by atoms with E-state index in [-0.39, 0.29) is 6.07 Å². The number of anilines is 2. The molecular formula is C16H14N2O17S4. The fourth-order valence-corrected chi connectivity index (χ4v) is 5.63. The Labute approximate surface area is 217 Å². The van der Waals surface area contributed by atoms with E-state index in [1.807, 2.05) is 5.32 Å². The lowest BCUT2D eigenvalue weighted by Crippen LogP contribution is -2.26. The maximum Gasteiger partial charge on any atom is 0.300 e. The second kappa shape index (κ2) is 9.26. The Hall–Kier alpha value is -3.58. The van der Waals surface area contributed by atoms with E-state index in [1.54, 1.807) is 5.32 Å². The van der Waals surface area contributed by atoms with E-state index < -0.39 is 124 Å². The van der Waals surface area contributed by atoms with Gasteiger partial charge in [-0.25, -0.2) is 0 Å². The van der Waals surface area contributed by atoms with E-state index in [9.17, 15) is 67.7 Å². The zero-order valence-corrected chi connectivity index (χ0v) is 21.6. The standard InChI is InChI=1S/C16H14N2O17S4/c19-11-5(38(30,31)32)1-4(17-2-36(24,25)26)6-7(11)13(21)8-9(12(6)20)15(23)16(39(33,34)35)10(14(8)22)18-3-37(27,28)29/h1,17-19,22-23H,2-3H2,(H,24,25,26)(H,27,28,29)(H,30,31,32)(H,33,34,35). The van der Waals surface area contributed by atoms with Crippen molar-refractivity contribution in [3.63, 3.8) is 0 Å². The minimum Gasteiger partial charge on any atom is -0.506 e. The van der Waals surface area contributed by atoms with Crippen LogP contribution < -0.4 is 10.6 Å². The average Bonchev–Trinajstić information content (AvgIpc) is 2.73. The number of carbonyl (C=O) groups is 2. The Balaban J connectivity index is 2.51. The molecule has 0 heterocycles. The predicted molar refractivity (Wildman–Crippen MR) is 124 cm³/mol. The summed E-state index contributed by atoms with van der Waals surface area (Å²) >= 11 is 0. The van der Waals surface area contributed by atoms with Crippen molar-refractivity contribution in [2.75, 3.05) is 22.4 Å². The lowest BCUT2D eigenvalue weighted by atomic mass is 9.81. The predicted octanol–water partition coefficient (Wildman–Crippen LogP) is -1.41. The molecule has 0 aromatic heterocycles. The molecule has 0 saturated heterocycles. The van der Waals surface area contributed by atoms with Crippen molar-refractivity contribution in [1.82, 2.24) is 0 Å². The Morgan fingerprint density at radius 1 is 0.590 bits per heavy atom. The summed E-state index contributed by atoms with van der Waals surface area (Å²) < 4.78 is 129. The van der Waals surface area contributed by atoms with Crippen LogP contribution in [0.3, 0.4) is 0 Å². The molecule has 2 aromatic carbocycles. The lowest BCUT2D eigenvalue weighted by molar-refractivity contribution is 0.0971. The lowest BCUT2D eigenvalue weighted by Gasteiger charge is -2.26. The van der Waals surface area contributed by atoms with Crippen molar-refractivity contribution in [3.8, 4) is 17.2 Å². The highest BCUT2D eigenvalue weighted by atomic mass is 32.2. The molecular weight excluding hydrogens is 620 g/mol. The Morgan fingerprint density at radius 3 is 1.49 bits per heavy atom. The maximum atomic E-state index is 13.4. The molecule has 19 nitrogen and oxygen atoms in total. The molecule has 0 spiro atoms. The van der Waals surface area contributed by atoms with Crippen molar-refractivity contribution < 1.29 is 76.8 Å². The van der Waals surface area contributed by atoms with Crippen LogP contribution in [0.4, 0.5) is 11.4 Å². The van der Waals surface area contributed by atoms with Gasteiger partial charge in [-0.3, -0.25) is 27.8 Å². The summed E-state index contributed by atoms with van der Waals surface area (Å²) in [7, 11) is -21.0. The smallest absolute Gasteiger partial charge is 0.300 e. The monoisotopic (exact) mass is 634 g/mol. The number of carbonyl (C=O) groups excluding carboxylic acids is 2. The van der Waals surface area contributed by atoms with Gasteiger partial charge in [-0.1, -0.05) is 0 Å². The van der Waals surface area contributed by atoms with Gasteiger partial charge < -0.3 is 26.0 Å². The summed E-state index contributed by atoms with van der Waals surface area (Å²) in [5.41, 5.74) is -7.74. The van der Waals surface area contributed by atoms with E-state index in [1.165, 1.54) is 0 Å². The average molecular weight is 635 g/mol. The molecule has 23 heteroatoms. The quantitative estimate of drug-likeness (QED) is 0.0780. The summed E-state index contributed by atoms with van der Waals surface area (Å²) in [6, 6.07) is 0.244. The van der Waals surface area contributed by atoms with E-state index in [0.29, 0.717) is 0 Å². The Bertz CT molecular complexity index is 1910. The van der Waals surface area contributed by atoms with Gasteiger partial charge >= 0.3 is 0 Å². The van der Waals surface area contributed by atoms with Crippen LogP contribution in [0.5, 0.6) is 17.2 Å². The summed E-state index contributed by atoms with van der Waals surface area (Å²) in [5, 5.41) is 35.1. The minimum absolute atomic E-state index is 0.244. The molecule has 1 aliphatic rings. The van der Waals surface area contributed by atoms with Crippen molar-refractivity contribution in [1.29, 1.82) is 0 Å². The molecule has 1 aliphatic carbocycles. The number of hydrogen-bond acceptors (Lipinski definition) is 15. The number of hydrogen-bond donors (Lipinski definition) is 9. The third-order valence-electron chi connectivity index (χ3n) is 4.99. The zero-order valence-electron chi connectivity index (χ0n) is 18.3. The van der Waals surface area contributed by atoms with Crippen molar-refractivity contribution in [2.24, 2.45) is 0 Å². The largest absolute Gasteiger partial charge is 0.506 e. The molecule has 0 atom stereocenters. The van der Waals surface area contributed by atoms with Gasteiger partial charge in [0, 0.05) is 5.69 Å². The molecule has 3 rings (SSSR count). The number of fused-ring (bicyclic) bond motifs is 2. The zero-order chi connectivity index (χ0) is 30.0. The second-order valence-corrected chi connectivity index (χ2v) is 13.2. The first-order chi connectivity index (χ1) is 17.5. The van der Waals surface area contributed by atoms with Gasteiger partial charge in [-0.15, -0.1) is 0 Å². The molecule has 0 fully saturated rings. The van der Waals surface area contributed by atoms with Crippen molar-refractivity contribution in [2.45, 2.75) is 9.79 Å². The first-order valence-corrected chi connectivity index (χ1v) is 15.5. The number of phenolic OH excluding ortho intramolecular Hbond substituents is 3. The van der Waals surface area contributed by atoms with Gasteiger partial charge in [0.15, 0.2) is 16.4 Å². The summed E-state index contributed by atoms with van der Waals surface area (Å²) in [6.07, 6.45) is 0. The number of phenols is 3. The van der Waals surface area contributed by atoms with Crippen LogP contribution >= 0.6 is 0 Å². The van der Waals surface area contributed by atoms with Crippen LogP contribution in [0.2, 0.25) is 0 Å². The Morgan fingerprint density at radius 2 is 1.03 bits per heavy atom. The topological polar surface area (TPSA) is 336 Å². The van der Waals surface area contributed by atoms with Crippen LogP contribution in [0.1, 0.15) is 31.8 Å². The number of nitrogens with one attached hydrogen (secondary N) is 2. The van der Waals surface area contributed by atoms with E-state index in [2.05, 4.69) is 0 Å². The third kappa shape index (κ3) is 5.59. The van der Waals surface area contributed by atoms with Gasteiger partial charge in [0.05, 0.1) is 22.3 Å². The fourth-order valence-electron chi connectivity index (χ4n) is 3.58. The molecule has 0 aliphatic heterocycles. The maximum absolute atomic E-state index is 13.4. The summed E-state index contributed by atoms with van der Waals surface area (Å²) in [4.78, 5) is 23.4. The Kier molecular flexibility index (Phi) is 7.12. The second-order valence-electron chi connectivity index (χ2n) is 7.59. The van der Waals surface area contributed by atoms with E-state index in [0.717, 1.165) is 0 Å². The van der Waals surface area contributed by atoms with Crippen LogP contribution in [0.15, 0.2) is 15.9 Å². The molecule has 0 unspecified atom stereocenters. The van der Waals surface area contributed by atoms with Crippen LogP contribution in [-0.4, -0.2) is 90.5 Å². The van der Waals surface area contributed by atoms with Crippen molar-refractivity contribution in [3.05, 3.63) is 28.3 Å². The molecule has 214 valence electrons. The summed E-state index contributed by atoms with van der Waals surface area (Å²) in [6.45, 7) is 0. The minimum atomic E-state index is -5.68. The van der Waals surface area contributed by atoms with Gasteiger partial charge in [0.2, 0.25) is 11.6 Å². The van der Waals surface area contributed by atoms with Gasteiger partial charge in [0.25, 0.3) is 40.5 Å².